The average Bonchev–Trinajstić information content (AvgIpc) is 3.10. The first-order chi connectivity index (χ1) is 13.1. The van der Waals surface area contributed by atoms with E-state index in [-0.39, 0.29) is 18.9 Å². The van der Waals surface area contributed by atoms with E-state index in [9.17, 15) is 9.59 Å². The highest BCUT2D eigenvalue weighted by Gasteiger charge is 2.27. The fourth-order valence-corrected chi connectivity index (χ4v) is 3.17. The van der Waals surface area contributed by atoms with Crippen molar-refractivity contribution in [2.75, 3.05) is 6.61 Å². The van der Waals surface area contributed by atoms with Crippen molar-refractivity contribution >= 4 is 22.7 Å². The Hall–Kier alpha value is -3.48. The van der Waals surface area contributed by atoms with E-state index in [1.165, 1.54) is 0 Å². The van der Waals surface area contributed by atoms with Crippen LogP contribution >= 0.6 is 0 Å². The van der Waals surface area contributed by atoms with Gasteiger partial charge in [-0.05, 0) is 36.2 Å². The van der Waals surface area contributed by atoms with Crippen LogP contribution in [0.4, 0.5) is 0 Å². The second-order valence-corrected chi connectivity index (χ2v) is 6.39. The number of hydrogen-bond acceptors (Lipinski definition) is 4. The van der Waals surface area contributed by atoms with Gasteiger partial charge in [0.25, 0.3) is 5.91 Å². The number of aromatic nitrogens is 1. The zero-order valence-electron chi connectivity index (χ0n) is 14.7. The maximum atomic E-state index is 12.2. The van der Waals surface area contributed by atoms with Crippen LogP contribution in [-0.4, -0.2) is 29.5 Å². The van der Waals surface area contributed by atoms with Crippen LogP contribution in [0.25, 0.3) is 10.9 Å². The van der Waals surface area contributed by atoms with Crippen molar-refractivity contribution < 1.29 is 19.1 Å². The Morgan fingerprint density at radius 2 is 1.93 bits per heavy atom. The van der Waals surface area contributed by atoms with Gasteiger partial charge in [-0.25, -0.2) is 0 Å². The minimum atomic E-state index is -0.824. The lowest BCUT2D eigenvalue weighted by atomic mass is 10.1. The zero-order chi connectivity index (χ0) is 18.8. The van der Waals surface area contributed by atoms with Crippen LogP contribution in [0.5, 0.6) is 11.5 Å². The molecule has 2 aromatic carbocycles. The number of nitrogens with one attached hydrogen (secondary N) is 3. The van der Waals surface area contributed by atoms with Gasteiger partial charge in [-0.2, -0.15) is 0 Å². The third-order valence-corrected chi connectivity index (χ3v) is 4.47. The van der Waals surface area contributed by atoms with E-state index in [2.05, 4.69) is 15.8 Å². The van der Waals surface area contributed by atoms with Gasteiger partial charge in [0.15, 0.2) is 11.5 Å². The Kier molecular flexibility index (Phi) is 4.42. The number of para-hydroxylation sites is 2. The fourth-order valence-electron chi connectivity index (χ4n) is 3.17. The molecule has 7 nitrogen and oxygen atoms in total. The van der Waals surface area contributed by atoms with Crippen molar-refractivity contribution in [1.82, 2.24) is 15.8 Å². The standard InChI is InChI=1S/C20H19N3O4/c1-12-5-4-6-14-19(12)13(10-21-14)9-18(24)22-23-20(25)17-11-26-15-7-2-3-8-16(15)27-17/h2-8,10,17,21H,9,11H2,1H3,(H,22,24)(H,23,25). The molecule has 0 fully saturated rings. The minimum absolute atomic E-state index is 0.0837. The van der Waals surface area contributed by atoms with Gasteiger partial charge < -0.3 is 14.5 Å². The Morgan fingerprint density at radius 1 is 1.11 bits per heavy atom. The number of hydrogen-bond donors (Lipinski definition) is 3. The number of fused-ring (bicyclic) bond motifs is 2. The Labute approximate surface area is 155 Å². The van der Waals surface area contributed by atoms with E-state index in [4.69, 9.17) is 9.47 Å². The Bertz CT molecular complexity index is 1010. The van der Waals surface area contributed by atoms with Gasteiger partial charge in [0.05, 0.1) is 6.42 Å². The normalized spacial score (nSPS) is 15.4. The summed E-state index contributed by atoms with van der Waals surface area (Å²) in [7, 11) is 0. The summed E-state index contributed by atoms with van der Waals surface area (Å²) in [6, 6.07) is 13.0. The molecule has 1 atom stereocenters. The van der Waals surface area contributed by atoms with Gasteiger partial charge in [-0.15, -0.1) is 0 Å². The minimum Gasteiger partial charge on any atom is -0.485 e. The van der Waals surface area contributed by atoms with Crippen molar-refractivity contribution in [3.05, 3.63) is 59.8 Å². The third kappa shape index (κ3) is 3.44. The molecule has 3 aromatic rings. The highest BCUT2D eigenvalue weighted by atomic mass is 16.6. The molecule has 0 spiro atoms. The van der Waals surface area contributed by atoms with Gasteiger partial charge >= 0.3 is 0 Å². The maximum absolute atomic E-state index is 12.2. The van der Waals surface area contributed by atoms with Gasteiger partial charge in [-0.3, -0.25) is 20.4 Å². The number of aromatic amines is 1. The number of carbonyl (C=O) groups is 2. The van der Waals surface area contributed by atoms with E-state index in [1.54, 1.807) is 18.2 Å². The van der Waals surface area contributed by atoms with Crippen molar-refractivity contribution in [1.29, 1.82) is 0 Å². The second-order valence-electron chi connectivity index (χ2n) is 6.39. The molecule has 7 heteroatoms. The van der Waals surface area contributed by atoms with Gasteiger partial charge in [-0.1, -0.05) is 24.3 Å². The summed E-state index contributed by atoms with van der Waals surface area (Å²) in [5.74, 6) is 0.322. The van der Waals surface area contributed by atoms with E-state index in [0.29, 0.717) is 11.5 Å². The predicted octanol–water partition coefficient (Wildman–Crippen LogP) is 2.01. The molecule has 0 radical (unpaired) electrons. The number of benzene rings is 2. The van der Waals surface area contributed by atoms with Gasteiger partial charge in [0.1, 0.15) is 6.61 Å². The second kappa shape index (κ2) is 7.03. The van der Waals surface area contributed by atoms with E-state index < -0.39 is 12.0 Å². The molecule has 1 aliphatic rings. The third-order valence-electron chi connectivity index (χ3n) is 4.47. The molecule has 1 aromatic heterocycles. The van der Waals surface area contributed by atoms with E-state index in [0.717, 1.165) is 22.0 Å². The van der Waals surface area contributed by atoms with Gasteiger partial charge in [0.2, 0.25) is 12.0 Å². The van der Waals surface area contributed by atoms with Crippen LogP contribution in [0, 0.1) is 6.92 Å². The van der Waals surface area contributed by atoms with Crippen LogP contribution in [-0.2, 0) is 16.0 Å². The largest absolute Gasteiger partial charge is 0.485 e. The Balaban J connectivity index is 1.35. The lowest BCUT2D eigenvalue weighted by molar-refractivity contribution is -0.134. The molecule has 138 valence electrons. The number of amides is 2. The smallest absolute Gasteiger partial charge is 0.283 e. The molecule has 3 N–H and O–H groups in total. The fraction of sp³-hybridized carbons (Fsp3) is 0.200. The summed E-state index contributed by atoms with van der Waals surface area (Å²) in [5, 5.41) is 1.03. The summed E-state index contributed by atoms with van der Waals surface area (Å²) >= 11 is 0. The number of rotatable bonds is 3. The molecule has 0 saturated carbocycles. The maximum Gasteiger partial charge on any atom is 0.283 e. The first-order valence-corrected chi connectivity index (χ1v) is 8.64. The highest BCUT2D eigenvalue weighted by Crippen LogP contribution is 2.30. The number of carbonyl (C=O) groups excluding carboxylic acids is 2. The van der Waals surface area contributed by atoms with Crippen molar-refractivity contribution in [2.45, 2.75) is 19.4 Å². The van der Waals surface area contributed by atoms with Crippen molar-refractivity contribution in [3.8, 4) is 11.5 Å². The Morgan fingerprint density at radius 3 is 2.78 bits per heavy atom. The molecule has 1 unspecified atom stereocenters. The summed E-state index contributed by atoms with van der Waals surface area (Å²) < 4.78 is 11.1. The summed E-state index contributed by atoms with van der Waals surface area (Å²) in [5.41, 5.74) is 7.79. The molecule has 0 aliphatic carbocycles. The van der Waals surface area contributed by atoms with Crippen LogP contribution in [0.1, 0.15) is 11.1 Å². The molecule has 4 rings (SSSR count). The van der Waals surface area contributed by atoms with E-state index >= 15 is 0 Å². The lowest BCUT2D eigenvalue weighted by Gasteiger charge is -2.25. The van der Waals surface area contributed by atoms with E-state index in [1.807, 2.05) is 37.4 Å². The predicted molar refractivity (Wildman–Crippen MR) is 99.4 cm³/mol. The van der Waals surface area contributed by atoms with Crippen LogP contribution < -0.4 is 20.3 Å². The zero-order valence-corrected chi connectivity index (χ0v) is 14.7. The van der Waals surface area contributed by atoms with Crippen molar-refractivity contribution in [3.63, 3.8) is 0 Å². The SMILES string of the molecule is Cc1cccc2[nH]cc(CC(=O)NNC(=O)C3COc4ccccc4O3)c12. The first kappa shape index (κ1) is 17.0. The first-order valence-electron chi connectivity index (χ1n) is 8.64. The number of ether oxygens (including phenoxy) is 2. The van der Waals surface area contributed by atoms with Crippen molar-refractivity contribution in [2.24, 2.45) is 0 Å². The molecule has 1 aliphatic heterocycles. The summed E-state index contributed by atoms with van der Waals surface area (Å²) in [4.78, 5) is 27.6. The highest BCUT2D eigenvalue weighted by molar-refractivity contribution is 5.92. The quantitative estimate of drug-likeness (QED) is 0.619. The molecule has 0 saturated heterocycles. The monoisotopic (exact) mass is 365 g/mol. The molecule has 27 heavy (non-hydrogen) atoms. The molecule has 2 heterocycles. The summed E-state index contributed by atoms with van der Waals surface area (Å²) in [6.45, 7) is 2.08. The topological polar surface area (TPSA) is 92.5 Å². The van der Waals surface area contributed by atoms with Crippen LogP contribution in [0.2, 0.25) is 0 Å². The average molecular weight is 365 g/mol. The summed E-state index contributed by atoms with van der Waals surface area (Å²) in [6.07, 6.45) is 1.14. The molecule has 2 amide bonds. The number of H-pyrrole nitrogens is 1. The van der Waals surface area contributed by atoms with Gasteiger partial charge in [0, 0.05) is 17.1 Å². The molecular weight excluding hydrogens is 346 g/mol. The van der Waals surface area contributed by atoms with Crippen LogP contribution in [0.15, 0.2) is 48.7 Å². The molecular formula is C20H19N3O4. The number of hydrazine groups is 1. The van der Waals surface area contributed by atoms with Crippen LogP contribution in [0.3, 0.4) is 0 Å². The molecule has 0 bridgehead atoms. The number of aryl methyl sites for hydroxylation is 1. The lowest BCUT2D eigenvalue weighted by Crippen LogP contribution is -2.51.